The third-order valence-electron chi connectivity index (χ3n) is 3.97. The number of aldehydes is 1. The van der Waals surface area contributed by atoms with Crippen molar-refractivity contribution in [1.82, 2.24) is 10.2 Å². The van der Waals surface area contributed by atoms with E-state index >= 15 is 0 Å². The first-order valence-electron chi connectivity index (χ1n) is 7.71. The maximum absolute atomic E-state index is 12.8. The number of carbonyl (C=O) groups excluding carboxylic acids is 4. The largest absolute Gasteiger partial charge is 0.357 e. The highest BCUT2D eigenvalue weighted by molar-refractivity contribution is 6.23. The Morgan fingerprint density at radius 3 is 2.65 bits per heavy atom. The minimum Gasteiger partial charge on any atom is -0.357 e. The van der Waals surface area contributed by atoms with Crippen molar-refractivity contribution >= 4 is 24.0 Å². The lowest BCUT2D eigenvalue weighted by atomic mass is 9.99. The van der Waals surface area contributed by atoms with E-state index in [1.165, 1.54) is 7.05 Å². The van der Waals surface area contributed by atoms with Gasteiger partial charge in [0.1, 0.15) is 12.3 Å². The Bertz CT molecular complexity index is 654. The van der Waals surface area contributed by atoms with Crippen molar-refractivity contribution in [3.63, 3.8) is 0 Å². The van der Waals surface area contributed by atoms with E-state index in [9.17, 15) is 19.2 Å². The average Bonchev–Trinajstić information content (AvgIpc) is 2.81. The predicted octanol–water partition coefficient (Wildman–Crippen LogP) is 1.33. The number of nitrogens with zero attached hydrogens (tertiary/aromatic N) is 1. The van der Waals surface area contributed by atoms with Gasteiger partial charge >= 0.3 is 0 Å². The number of imide groups is 1. The lowest BCUT2D eigenvalue weighted by Crippen LogP contribution is -2.48. The third kappa shape index (κ3) is 3.02. The van der Waals surface area contributed by atoms with Gasteiger partial charge in [-0.1, -0.05) is 25.5 Å². The summed E-state index contributed by atoms with van der Waals surface area (Å²) in [5.74, 6) is -1.37. The average molecular weight is 316 g/mol. The fourth-order valence-corrected chi connectivity index (χ4v) is 2.90. The quantitative estimate of drug-likeness (QED) is 0.607. The van der Waals surface area contributed by atoms with Crippen LogP contribution in [0.1, 0.15) is 52.5 Å². The molecule has 1 heterocycles. The van der Waals surface area contributed by atoms with Gasteiger partial charge in [-0.15, -0.1) is 0 Å². The summed E-state index contributed by atoms with van der Waals surface area (Å²) in [5.41, 5.74) is 1.54. The van der Waals surface area contributed by atoms with Crippen LogP contribution in [0.5, 0.6) is 0 Å². The minimum absolute atomic E-state index is 0.104. The first kappa shape index (κ1) is 16.9. The zero-order valence-corrected chi connectivity index (χ0v) is 13.3. The highest BCUT2D eigenvalue weighted by atomic mass is 16.2. The van der Waals surface area contributed by atoms with Gasteiger partial charge in [-0.2, -0.15) is 0 Å². The first-order valence-corrected chi connectivity index (χ1v) is 7.71. The molecule has 0 radical (unpaired) electrons. The van der Waals surface area contributed by atoms with Crippen molar-refractivity contribution in [3.8, 4) is 0 Å². The van der Waals surface area contributed by atoms with Crippen molar-refractivity contribution in [3.05, 3.63) is 34.9 Å². The maximum atomic E-state index is 12.8. The normalized spacial score (nSPS) is 14.6. The summed E-state index contributed by atoms with van der Waals surface area (Å²) in [5, 5.41) is 2.46. The Labute approximate surface area is 134 Å². The molecule has 1 aromatic carbocycles. The molecule has 1 aliphatic rings. The van der Waals surface area contributed by atoms with E-state index < -0.39 is 23.8 Å². The highest BCUT2D eigenvalue weighted by Gasteiger charge is 2.43. The molecule has 0 aliphatic carbocycles. The topological polar surface area (TPSA) is 83.6 Å². The number of carbonyl (C=O) groups is 4. The summed E-state index contributed by atoms with van der Waals surface area (Å²) < 4.78 is 0. The Morgan fingerprint density at radius 2 is 2.04 bits per heavy atom. The molecule has 0 saturated heterocycles. The molecular weight excluding hydrogens is 296 g/mol. The molecule has 1 aromatic rings. The number of benzene rings is 1. The Hall–Kier alpha value is -2.50. The summed E-state index contributed by atoms with van der Waals surface area (Å²) in [6.45, 7) is 2.00. The van der Waals surface area contributed by atoms with Crippen LogP contribution in [-0.4, -0.2) is 42.0 Å². The number of hydrogen-bond acceptors (Lipinski definition) is 4. The van der Waals surface area contributed by atoms with Crippen LogP contribution >= 0.6 is 0 Å². The smallest absolute Gasteiger partial charge is 0.262 e. The molecule has 6 nitrogen and oxygen atoms in total. The molecule has 0 saturated carbocycles. The number of hydrogen-bond donors (Lipinski definition) is 1. The lowest BCUT2D eigenvalue weighted by molar-refractivity contribution is -0.124. The summed E-state index contributed by atoms with van der Waals surface area (Å²) in [7, 11) is 1.44. The summed E-state index contributed by atoms with van der Waals surface area (Å²) in [4.78, 5) is 49.1. The van der Waals surface area contributed by atoms with Crippen LogP contribution in [0.4, 0.5) is 0 Å². The standard InChI is InChI=1S/C17H20N2O4/c1-3-6-11-7-4-8-12-14(11)17(23)19(16(12)22)13(9-5-10-20)15(21)18-2/h4,7-8,10,13H,3,5-6,9H2,1-2H3,(H,18,21). The van der Waals surface area contributed by atoms with Crippen LogP contribution in [0.25, 0.3) is 0 Å². The Balaban J connectivity index is 2.43. The van der Waals surface area contributed by atoms with Gasteiger partial charge in [0.05, 0.1) is 11.1 Å². The van der Waals surface area contributed by atoms with Gasteiger partial charge in [-0.05, 0) is 24.5 Å². The second-order valence-electron chi connectivity index (χ2n) is 5.44. The molecule has 1 unspecified atom stereocenters. The summed E-state index contributed by atoms with van der Waals surface area (Å²) in [6.07, 6.45) is 2.44. The van der Waals surface area contributed by atoms with E-state index in [1.54, 1.807) is 12.1 Å². The number of aryl methyl sites for hydroxylation is 1. The van der Waals surface area contributed by atoms with Crippen LogP contribution in [0.15, 0.2) is 18.2 Å². The Kier molecular flexibility index (Phi) is 5.26. The second kappa shape index (κ2) is 7.17. The molecule has 0 aromatic heterocycles. The highest BCUT2D eigenvalue weighted by Crippen LogP contribution is 2.29. The molecule has 1 atom stereocenters. The third-order valence-corrected chi connectivity index (χ3v) is 3.97. The first-order chi connectivity index (χ1) is 11.1. The zero-order chi connectivity index (χ0) is 17.0. The summed E-state index contributed by atoms with van der Waals surface area (Å²) in [6, 6.07) is 4.22. The van der Waals surface area contributed by atoms with Gasteiger partial charge < -0.3 is 10.1 Å². The molecule has 6 heteroatoms. The van der Waals surface area contributed by atoms with Crippen molar-refractivity contribution in [2.24, 2.45) is 0 Å². The minimum atomic E-state index is -0.966. The molecule has 3 amide bonds. The van der Waals surface area contributed by atoms with Crippen LogP contribution in [-0.2, 0) is 16.0 Å². The second-order valence-corrected chi connectivity index (χ2v) is 5.44. The molecule has 1 aliphatic heterocycles. The van der Waals surface area contributed by atoms with Crippen LogP contribution < -0.4 is 5.32 Å². The van der Waals surface area contributed by atoms with E-state index in [2.05, 4.69) is 5.32 Å². The maximum Gasteiger partial charge on any atom is 0.262 e. The monoisotopic (exact) mass is 316 g/mol. The zero-order valence-electron chi connectivity index (χ0n) is 13.3. The number of nitrogens with one attached hydrogen (secondary N) is 1. The van der Waals surface area contributed by atoms with E-state index in [0.29, 0.717) is 23.8 Å². The van der Waals surface area contributed by atoms with Crippen molar-refractivity contribution in [1.29, 1.82) is 0 Å². The molecule has 1 N–H and O–H groups in total. The summed E-state index contributed by atoms with van der Waals surface area (Å²) >= 11 is 0. The van der Waals surface area contributed by atoms with Gasteiger partial charge in [0.25, 0.3) is 11.8 Å². The molecule has 23 heavy (non-hydrogen) atoms. The van der Waals surface area contributed by atoms with Crippen LogP contribution in [0, 0.1) is 0 Å². The lowest BCUT2D eigenvalue weighted by Gasteiger charge is -2.24. The van der Waals surface area contributed by atoms with Gasteiger partial charge in [-0.3, -0.25) is 19.3 Å². The molecule has 122 valence electrons. The molecule has 0 spiro atoms. The number of fused-ring (bicyclic) bond motifs is 1. The van der Waals surface area contributed by atoms with E-state index in [-0.39, 0.29) is 12.8 Å². The SMILES string of the molecule is CCCc1cccc2c1C(=O)N(C(CCC=O)C(=O)NC)C2=O. The van der Waals surface area contributed by atoms with E-state index in [1.807, 2.05) is 13.0 Å². The number of likely N-dealkylation sites (N-methyl/N-ethyl adjacent to an activating group) is 1. The number of amides is 3. The van der Waals surface area contributed by atoms with Crippen molar-refractivity contribution in [2.45, 2.75) is 38.6 Å². The van der Waals surface area contributed by atoms with Gasteiger partial charge in [0.2, 0.25) is 5.91 Å². The van der Waals surface area contributed by atoms with Gasteiger partial charge in [0.15, 0.2) is 0 Å². The Morgan fingerprint density at radius 1 is 1.30 bits per heavy atom. The van der Waals surface area contributed by atoms with Crippen LogP contribution in [0.3, 0.4) is 0 Å². The fourth-order valence-electron chi connectivity index (χ4n) is 2.90. The molecule has 2 rings (SSSR count). The molecule has 0 fully saturated rings. The van der Waals surface area contributed by atoms with Crippen LogP contribution in [0.2, 0.25) is 0 Å². The number of rotatable bonds is 7. The van der Waals surface area contributed by atoms with Gasteiger partial charge in [-0.25, -0.2) is 0 Å². The van der Waals surface area contributed by atoms with Crippen molar-refractivity contribution < 1.29 is 19.2 Å². The van der Waals surface area contributed by atoms with E-state index in [0.717, 1.165) is 16.9 Å². The van der Waals surface area contributed by atoms with E-state index in [4.69, 9.17) is 0 Å². The van der Waals surface area contributed by atoms with Gasteiger partial charge in [0, 0.05) is 13.5 Å². The molecular formula is C17H20N2O4. The van der Waals surface area contributed by atoms with Crippen molar-refractivity contribution in [2.75, 3.05) is 7.05 Å². The predicted molar refractivity (Wildman–Crippen MR) is 84.1 cm³/mol. The fraction of sp³-hybridized carbons (Fsp3) is 0.412. The molecule has 0 bridgehead atoms.